The van der Waals surface area contributed by atoms with E-state index in [0.29, 0.717) is 11.6 Å². The lowest BCUT2D eigenvalue weighted by Crippen LogP contribution is -2.22. The van der Waals surface area contributed by atoms with Gasteiger partial charge in [-0.05, 0) is 18.6 Å². The first-order valence-electron chi connectivity index (χ1n) is 4.31. The van der Waals surface area contributed by atoms with Gasteiger partial charge in [-0.1, -0.05) is 11.6 Å². The van der Waals surface area contributed by atoms with Crippen LogP contribution in [0.5, 0.6) is 0 Å². The van der Waals surface area contributed by atoms with Crippen molar-refractivity contribution in [2.75, 3.05) is 18.0 Å². The third kappa shape index (κ3) is 1.76. The highest BCUT2D eigenvalue weighted by molar-refractivity contribution is 6.32. The first-order chi connectivity index (χ1) is 6.27. The molecule has 2 heterocycles. The average molecular weight is 199 g/mol. The fraction of sp³-hybridized carbons (Fsp3) is 0.444. The van der Waals surface area contributed by atoms with Gasteiger partial charge in [0, 0.05) is 19.3 Å². The monoisotopic (exact) mass is 198 g/mol. The SMILES string of the molecule is O[C@H]1CCN(c2ncccc2Cl)C1. The number of anilines is 1. The molecule has 1 atom stereocenters. The zero-order chi connectivity index (χ0) is 9.26. The quantitative estimate of drug-likeness (QED) is 0.739. The molecule has 2 rings (SSSR count). The summed E-state index contributed by atoms with van der Waals surface area (Å²) >= 11 is 5.97. The van der Waals surface area contributed by atoms with Crippen molar-refractivity contribution in [2.45, 2.75) is 12.5 Å². The molecule has 1 fully saturated rings. The van der Waals surface area contributed by atoms with Gasteiger partial charge in [-0.3, -0.25) is 0 Å². The number of hydrogen-bond acceptors (Lipinski definition) is 3. The van der Waals surface area contributed by atoms with Crippen LogP contribution >= 0.6 is 11.6 Å². The highest BCUT2D eigenvalue weighted by atomic mass is 35.5. The number of aliphatic hydroxyl groups is 1. The topological polar surface area (TPSA) is 36.4 Å². The minimum atomic E-state index is -0.238. The van der Waals surface area contributed by atoms with Gasteiger partial charge >= 0.3 is 0 Å². The second-order valence-electron chi connectivity index (χ2n) is 3.20. The molecule has 0 radical (unpaired) electrons. The van der Waals surface area contributed by atoms with Gasteiger partial charge in [0.25, 0.3) is 0 Å². The molecule has 4 heteroatoms. The van der Waals surface area contributed by atoms with E-state index in [2.05, 4.69) is 4.98 Å². The smallest absolute Gasteiger partial charge is 0.147 e. The maximum Gasteiger partial charge on any atom is 0.147 e. The summed E-state index contributed by atoms with van der Waals surface area (Å²) in [4.78, 5) is 6.18. The summed E-state index contributed by atoms with van der Waals surface area (Å²) in [5.41, 5.74) is 0. The van der Waals surface area contributed by atoms with Gasteiger partial charge in [0.15, 0.2) is 0 Å². The standard InChI is InChI=1S/C9H11ClN2O/c10-8-2-1-4-11-9(8)12-5-3-7(13)6-12/h1-2,4,7,13H,3,5-6H2/t7-/m0/s1. The molecule has 1 aliphatic rings. The first-order valence-corrected chi connectivity index (χ1v) is 4.68. The van der Waals surface area contributed by atoms with Crippen molar-refractivity contribution in [1.29, 1.82) is 0 Å². The van der Waals surface area contributed by atoms with Crippen LogP contribution in [0.4, 0.5) is 5.82 Å². The van der Waals surface area contributed by atoms with Crippen LogP contribution in [0.1, 0.15) is 6.42 Å². The molecule has 0 aliphatic carbocycles. The number of β-amino-alcohol motifs (C(OH)–C–C–N with tert-alkyl or cyclic N) is 1. The van der Waals surface area contributed by atoms with Gasteiger partial charge in [0.2, 0.25) is 0 Å². The van der Waals surface area contributed by atoms with Gasteiger partial charge in [-0.2, -0.15) is 0 Å². The van der Waals surface area contributed by atoms with E-state index in [1.807, 2.05) is 11.0 Å². The molecule has 0 aromatic carbocycles. The van der Waals surface area contributed by atoms with E-state index in [1.54, 1.807) is 12.3 Å². The summed E-state index contributed by atoms with van der Waals surface area (Å²) in [5.74, 6) is 0.778. The lowest BCUT2D eigenvalue weighted by atomic mass is 10.3. The fourth-order valence-corrected chi connectivity index (χ4v) is 1.79. The van der Waals surface area contributed by atoms with Crippen molar-refractivity contribution in [3.63, 3.8) is 0 Å². The molecule has 13 heavy (non-hydrogen) atoms. The number of halogens is 1. The second-order valence-corrected chi connectivity index (χ2v) is 3.60. The Morgan fingerprint density at radius 2 is 2.46 bits per heavy atom. The summed E-state index contributed by atoms with van der Waals surface area (Å²) < 4.78 is 0. The van der Waals surface area contributed by atoms with E-state index in [1.165, 1.54) is 0 Å². The molecule has 0 amide bonds. The van der Waals surface area contributed by atoms with Crippen molar-refractivity contribution in [3.8, 4) is 0 Å². The van der Waals surface area contributed by atoms with Crippen LogP contribution in [0.2, 0.25) is 5.02 Å². The van der Waals surface area contributed by atoms with Crippen LogP contribution in [0.3, 0.4) is 0 Å². The molecular weight excluding hydrogens is 188 g/mol. The van der Waals surface area contributed by atoms with Crippen LogP contribution in [0, 0.1) is 0 Å². The van der Waals surface area contributed by atoms with Crippen LogP contribution in [0.15, 0.2) is 18.3 Å². The third-order valence-electron chi connectivity index (χ3n) is 2.20. The Labute approximate surface area is 82.0 Å². The number of hydrogen-bond donors (Lipinski definition) is 1. The lowest BCUT2D eigenvalue weighted by Gasteiger charge is -2.17. The second kappa shape index (κ2) is 3.52. The van der Waals surface area contributed by atoms with Crippen LogP contribution in [0.25, 0.3) is 0 Å². The van der Waals surface area contributed by atoms with Crippen molar-refractivity contribution in [1.82, 2.24) is 4.98 Å². The predicted octanol–water partition coefficient (Wildman–Crippen LogP) is 1.31. The number of nitrogens with zero attached hydrogens (tertiary/aromatic N) is 2. The Hall–Kier alpha value is -0.800. The van der Waals surface area contributed by atoms with Gasteiger partial charge in [-0.25, -0.2) is 4.98 Å². The van der Waals surface area contributed by atoms with Crippen LogP contribution in [-0.4, -0.2) is 29.3 Å². The zero-order valence-corrected chi connectivity index (χ0v) is 7.91. The molecule has 3 nitrogen and oxygen atoms in total. The van der Waals surface area contributed by atoms with Crippen molar-refractivity contribution >= 4 is 17.4 Å². The van der Waals surface area contributed by atoms with Crippen LogP contribution in [-0.2, 0) is 0 Å². The van der Waals surface area contributed by atoms with Crippen LogP contribution < -0.4 is 4.90 Å². The van der Waals surface area contributed by atoms with E-state index < -0.39 is 0 Å². The van der Waals surface area contributed by atoms with E-state index in [9.17, 15) is 5.11 Å². The summed E-state index contributed by atoms with van der Waals surface area (Å²) in [7, 11) is 0. The number of pyridine rings is 1. The van der Waals surface area contributed by atoms with E-state index in [-0.39, 0.29) is 6.10 Å². The van der Waals surface area contributed by atoms with Gasteiger partial charge in [-0.15, -0.1) is 0 Å². The lowest BCUT2D eigenvalue weighted by molar-refractivity contribution is 0.198. The molecule has 1 N–H and O–H groups in total. The van der Waals surface area contributed by atoms with E-state index in [0.717, 1.165) is 18.8 Å². The summed E-state index contributed by atoms with van der Waals surface area (Å²) in [5, 5.41) is 9.99. The maximum atomic E-state index is 9.34. The Balaban J connectivity index is 2.21. The van der Waals surface area contributed by atoms with Crippen molar-refractivity contribution < 1.29 is 5.11 Å². The summed E-state index contributed by atoms with van der Waals surface area (Å²) in [6.07, 6.45) is 2.27. The average Bonchev–Trinajstić information content (AvgIpc) is 2.53. The molecule has 70 valence electrons. The Morgan fingerprint density at radius 1 is 1.62 bits per heavy atom. The molecule has 0 bridgehead atoms. The minimum Gasteiger partial charge on any atom is -0.391 e. The summed E-state index contributed by atoms with van der Waals surface area (Å²) in [6, 6.07) is 3.62. The van der Waals surface area contributed by atoms with Crippen molar-refractivity contribution in [2.24, 2.45) is 0 Å². The molecule has 0 unspecified atom stereocenters. The van der Waals surface area contributed by atoms with E-state index >= 15 is 0 Å². The minimum absolute atomic E-state index is 0.238. The molecular formula is C9H11ClN2O. The molecule has 1 aromatic rings. The predicted molar refractivity (Wildman–Crippen MR) is 52.1 cm³/mol. The Kier molecular flexibility index (Phi) is 2.38. The first kappa shape index (κ1) is 8.78. The molecule has 1 saturated heterocycles. The number of rotatable bonds is 1. The summed E-state index contributed by atoms with van der Waals surface area (Å²) in [6.45, 7) is 1.47. The molecule has 0 spiro atoms. The number of aromatic nitrogens is 1. The normalized spacial score (nSPS) is 22.3. The Bertz CT molecular complexity index is 305. The highest BCUT2D eigenvalue weighted by Gasteiger charge is 2.22. The van der Waals surface area contributed by atoms with Gasteiger partial charge < -0.3 is 10.0 Å². The maximum absolute atomic E-state index is 9.34. The zero-order valence-electron chi connectivity index (χ0n) is 7.15. The largest absolute Gasteiger partial charge is 0.391 e. The highest BCUT2D eigenvalue weighted by Crippen LogP contribution is 2.25. The van der Waals surface area contributed by atoms with E-state index in [4.69, 9.17) is 11.6 Å². The Morgan fingerprint density at radius 3 is 3.08 bits per heavy atom. The van der Waals surface area contributed by atoms with Gasteiger partial charge in [0.05, 0.1) is 11.1 Å². The molecule has 0 saturated carbocycles. The molecule has 1 aliphatic heterocycles. The fourth-order valence-electron chi connectivity index (χ4n) is 1.54. The van der Waals surface area contributed by atoms with Gasteiger partial charge in [0.1, 0.15) is 5.82 Å². The molecule has 1 aromatic heterocycles. The third-order valence-corrected chi connectivity index (χ3v) is 2.50. The van der Waals surface area contributed by atoms with Crippen molar-refractivity contribution in [3.05, 3.63) is 23.4 Å². The number of aliphatic hydroxyl groups excluding tert-OH is 1.